The first-order valence-electron chi connectivity index (χ1n) is 2.80. The van der Waals surface area contributed by atoms with Crippen molar-refractivity contribution in [3.05, 3.63) is 29.3 Å². The Hall–Kier alpha value is -1.13. The Kier molecular flexibility index (Phi) is 2.20. The molecule has 0 amide bonds. The van der Waals surface area contributed by atoms with Gasteiger partial charge in [-0.25, -0.2) is 0 Å². The van der Waals surface area contributed by atoms with Gasteiger partial charge in [-0.2, -0.15) is 0 Å². The Morgan fingerprint density at radius 1 is 1.30 bits per heavy atom. The number of benzene rings is 1. The molecule has 0 saturated heterocycles. The average Bonchev–Trinajstić information content (AvgIpc) is 1.95. The van der Waals surface area contributed by atoms with E-state index in [4.69, 9.17) is 18.0 Å². The fourth-order valence-electron chi connectivity index (χ4n) is 0.617. The standard InChI is InChI=1S/C8H6ClN/c1-2-10-8-5-3-7(9)4-6-8/h1,3-6,10H. The van der Waals surface area contributed by atoms with Crippen molar-refractivity contribution in [1.29, 1.82) is 0 Å². The van der Waals surface area contributed by atoms with Gasteiger partial charge in [-0.15, -0.1) is 0 Å². The maximum atomic E-state index is 5.63. The third-order valence-corrected chi connectivity index (χ3v) is 1.31. The lowest BCUT2D eigenvalue weighted by atomic mass is 10.3. The molecule has 0 fully saturated rings. The van der Waals surface area contributed by atoms with Crippen molar-refractivity contribution in [2.24, 2.45) is 0 Å². The first-order chi connectivity index (χ1) is 4.83. The molecule has 1 rings (SSSR count). The Morgan fingerprint density at radius 2 is 1.90 bits per heavy atom. The molecule has 0 aliphatic rings. The molecule has 0 heterocycles. The van der Waals surface area contributed by atoms with Crippen molar-refractivity contribution in [1.82, 2.24) is 0 Å². The summed E-state index contributed by atoms with van der Waals surface area (Å²) in [7, 11) is 0. The molecule has 1 nitrogen and oxygen atoms in total. The lowest BCUT2D eigenvalue weighted by Gasteiger charge is -1.95. The van der Waals surface area contributed by atoms with Crippen LogP contribution < -0.4 is 5.32 Å². The summed E-state index contributed by atoms with van der Waals surface area (Å²) in [6.07, 6.45) is 5.00. The molecule has 50 valence electrons. The van der Waals surface area contributed by atoms with Crippen molar-refractivity contribution in [2.75, 3.05) is 5.32 Å². The Labute approximate surface area is 65.0 Å². The van der Waals surface area contributed by atoms with Gasteiger partial charge in [0.1, 0.15) is 0 Å². The van der Waals surface area contributed by atoms with Gasteiger partial charge in [0, 0.05) is 16.8 Å². The molecular weight excluding hydrogens is 146 g/mol. The van der Waals surface area contributed by atoms with Gasteiger partial charge in [0.05, 0.1) is 0 Å². The summed E-state index contributed by atoms with van der Waals surface area (Å²) in [5, 5.41) is 3.41. The van der Waals surface area contributed by atoms with Crippen LogP contribution in [0, 0.1) is 12.5 Å². The molecule has 0 unspecified atom stereocenters. The molecule has 1 aromatic carbocycles. The largest absolute Gasteiger partial charge is 0.315 e. The van der Waals surface area contributed by atoms with E-state index < -0.39 is 0 Å². The van der Waals surface area contributed by atoms with E-state index in [1.54, 1.807) is 12.1 Å². The van der Waals surface area contributed by atoms with Gasteiger partial charge in [0.2, 0.25) is 0 Å². The Morgan fingerprint density at radius 3 is 2.40 bits per heavy atom. The van der Waals surface area contributed by atoms with Crippen LogP contribution in [0.1, 0.15) is 0 Å². The third kappa shape index (κ3) is 1.68. The third-order valence-electron chi connectivity index (χ3n) is 1.06. The number of terminal acetylenes is 1. The minimum Gasteiger partial charge on any atom is -0.315 e. The quantitative estimate of drug-likeness (QED) is 0.480. The van der Waals surface area contributed by atoms with Gasteiger partial charge < -0.3 is 5.32 Å². The maximum absolute atomic E-state index is 5.63. The van der Waals surface area contributed by atoms with Crippen LogP contribution in [0.3, 0.4) is 0 Å². The van der Waals surface area contributed by atoms with Gasteiger partial charge in [-0.1, -0.05) is 18.0 Å². The SMILES string of the molecule is C#CNc1ccc(Cl)cc1. The number of nitrogens with one attached hydrogen (secondary N) is 1. The molecular formula is C8H6ClN. The highest BCUT2D eigenvalue weighted by atomic mass is 35.5. The van der Waals surface area contributed by atoms with E-state index in [0.29, 0.717) is 5.02 Å². The molecule has 0 atom stereocenters. The highest BCUT2D eigenvalue weighted by Gasteiger charge is 1.86. The van der Waals surface area contributed by atoms with Crippen LogP contribution in [0.2, 0.25) is 5.02 Å². The molecule has 0 aliphatic carbocycles. The molecule has 2 heteroatoms. The smallest absolute Gasteiger partial charge is 0.0460 e. The average molecular weight is 152 g/mol. The summed E-state index contributed by atoms with van der Waals surface area (Å²) in [4.78, 5) is 0. The lowest BCUT2D eigenvalue weighted by molar-refractivity contribution is 1.63. The fraction of sp³-hybridized carbons (Fsp3) is 0. The summed E-state index contributed by atoms with van der Waals surface area (Å²) >= 11 is 5.63. The molecule has 1 aromatic rings. The van der Waals surface area contributed by atoms with Crippen molar-refractivity contribution >= 4 is 17.3 Å². The van der Waals surface area contributed by atoms with E-state index >= 15 is 0 Å². The number of hydrogen-bond donors (Lipinski definition) is 1. The van der Waals surface area contributed by atoms with Gasteiger partial charge in [0.15, 0.2) is 0 Å². The van der Waals surface area contributed by atoms with Gasteiger partial charge in [-0.05, 0) is 24.3 Å². The second-order valence-corrected chi connectivity index (χ2v) is 2.21. The van der Waals surface area contributed by atoms with Crippen LogP contribution in [0.5, 0.6) is 0 Å². The van der Waals surface area contributed by atoms with Crippen LogP contribution in [-0.4, -0.2) is 0 Å². The minimum atomic E-state index is 0.711. The summed E-state index contributed by atoms with van der Waals surface area (Å²) in [5.74, 6) is 0. The second kappa shape index (κ2) is 3.14. The van der Waals surface area contributed by atoms with E-state index in [9.17, 15) is 0 Å². The van der Waals surface area contributed by atoms with Crippen LogP contribution in [0.4, 0.5) is 5.69 Å². The molecule has 0 radical (unpaired) electrons. The zero-order chi connectivity index (χ0) is 7.40. The second-order valence-electron chi connectivity index (χ2n) is 1.78. The normalized spacial score (nSPS) is 8.40. The Balaban J connectivity index is 2.81. The van der Waals surface area contributed by atoms with Crippen LogP contribution in [0.25, 0.3) is 0 Å². The van der Waals surface area contributed by atoms with Crippen molar-refractivity contribution in [3.63, 3.8) is 0 Å². The van der Waals surface area contributed by atoms with Crippen LogP contribution >= 0.6 is 11.6 Å². The number of hydrogen-bond acceptors (Lipinski definition) is 1. The van der Waals surface area contributed by atoms with Gasteiger partial charge >= 0.3 is 0 Å². The molecule has 0 spiro atoms. The highest BCUT2D eigenvalue weighted by molar-refractivity contribution is 6.30. The zero-order valence-electron chi connectivity index (χ0n) is 5.26. The van der Waals surface area contributed by atoms with Crippen molar-refractivity contribution in [3.8, 4) is 12.5 Å². The predicted octanol–water partition coefficient (Wildman–Crippen LogP) is 2.34. The topological polar surface area (TPSA) is 12.0 Å². The fourth-order valence-corrected chi connectivity index (χ4v) is 0.743. The highest BCUT2D eigenvalue weighted by Crippen LogP contribution is 2.12. The van der Waals surface area contributed by atoms with E-state index in [2.05, 4.69) is 11.4 Å². The minimum absolute atomic E-state index is 0.711. The monoisotopic (exact) mass is 151 g/mol. The summed E-state index contributed by atoms with van der Waals surface area (Å²) in [5.41, 5.74) is 0.881. The number of anilines is 1. The zero-order valence-corrected chi connectivity index (χ0v) is 6.02. The first kappa shape index (κ1) is 6.98. The predicted molar refractivity (Wildman–Crippen MR) is 43.9 cm³/mol. The number of rotatable bonds is 1. The van der Waals surface area contributed by atoms with Gasteiger partial charge in [-0.3, -0.25) is 0 Å². The first-order valence-corrected chi connectivity index (χ1v) is 3.18. The molecule has 0 saturated carbocycles. The maximum Gasteiger partial charge on any atom is 0.0460 e. The van der Waals surface area contributed by atoms with Crippen LogP contribution in [0.15, 0.2) is 24.3 Å². The molecule has 10 heavy (non-hydrogen) atoms. The van der Waals surface area contributed by atoms with E-state index in [1.807, 2.05) is 12.1 Å². The van der Waals surface area contributed by atoms with Crippen molar-refractivity contribution < 1.29 is 0 Å². The molecule has 0 aromatic heterocycles. The van der Waals surface area contributed by atoms with Crippen molar-refractivity contribution in [2.45, 2.75) is 0 Å². The van der Waals surface area contributed by atoms with Gasteiger partial charge in [0.25, 0.3) is 0 Å². The lowest BCUT2D eigenvalue weighted by Crippen LogP contribution is -1.84. The summed E-state index contributed by atoms with van der Waals surface area (Å²) in [6, 6.07) is 9.51. The van der Waals surface area contributed by atoms with E-state index in [0.717, 1.165) is 5.69 Å². The molecule has 1 N–H and O–H groups in total. The van der Waals surface area contributed by atoms with Crippen LogP contribution in [-0.2, 0) is 0 Å². The summed E-state index contributed by atoms with van der Waals surface area (Å²) in [6.45, 7) is 0. The molecule has 0 bridgehead atoms. The summed E-state index contributed by atoms with van der Waals surface area (Å²) < 4.78 is 0. The molecule has 0 aliphatic heterocycles. The van der Waals surface area contributed by atoms with E-state index in [-0.39, 0.29) is 0 Å². The number of halogens is 1. The van der Waals surface area contributed by atoms with E-state index in [1.165, 1.54) is 0 Å². The Bertz CT molecular complexity index is 245.